The first-order valence-electron chi connectivity index (χ1n) is 10.5. The van der Waals surface area contributed by atoms with Crippen LogP contribution in [0.2, 0.25) is 5.02 Å². The van der Waals surface area contributed by atoms with E-state index in [4.69, 9.17) is 26.1 Å². The van der Waals surface area contributed by atoms with Crippen LogP contribution in [-0.2, 0) is 9.47 Å². The fourth-order valence-electron chi connectivity index (χ4n) is 4.51. The second-order valence-electron chi connectivity index (χ2n) is 7.77. The molecule has 3 aliphatic rings. The van der Waals surface area contributed by atoms with Crippen molar-refractivity contribution in [2.75, 3.05) is 39.4 Å². The molecule has 2 bridgehead atoms. The van der Waals surface area contributed by atoms with Crippen molar-refractivity contribution in [1.29, 1.82) is 0 Å². The number of rotatable bonds is 6. The van der Waals surface area contributed by atoms with Gasteiger partial charge < -0.3 is 20.1 Å². The van der Waals surface area contributed by atoms with Gasteiger partial charge in [-0.05, 0) is 37.8 Å². The number of hydrogen-bond acceptors (Lipinski definition) is 4. The second-order valence-corrected chi connectivity index (χ2v) is 8.17. The van der Waals surface area contributed by atoms with Gasteiger partial charge in [-0.2, -0.15) is 0 Å². The molecule has 7 heteroatoms. The number of nitrogens with zero attached hydrogens (tertiary/aromatic N) is 2. The number of guanidine groups is 1. The highest BCUT2D eigenvalue weighted by molar-refractivity contribution is 6.31. The first-order valence-corrected chi connectivity index (χ1v) is 10.9. The fourth-order valence-corrected chi connectivity index (χ4v) is 4.77. The predicted molar refractivity (Wildman–Crippen MR) is 112 cm³/mol. The van der Waals surface area contributed by atoms with Gasteiger partial charge in [-0.1, -0.05) is 29.8 Å². The van der Waals surface area contributed by atoms with E-state index in [0.29, 0.717) is 24.8 Å². The highest BCUT2D eigenvalue weighted by Crippen LogP contribution is 2.34. The Bertz CT molecular complexity index is 680. The average Bonchev–Trinajstić information content (AvgIpc) is 3.33. The summed E-state index contributed by atoms with van der Waals surface area (Å²) in [6.45, 7) is 6.90. The molecule has 3 aliphatic heterocycles. The van der Waals surface area contributed by atoms with Crippen molar-refractivity contribution in [3.8, 4) is 0 Å². The maximum Gasteiger partial charge on any atom is 0.191 e. The average molecular weight is 407 g/mol. The summed E-state index contributed by atoms with van der Waals surface area (Å²) in [5.74, 6) is 0.869. The second kappa shape index (κ2) is 9.44. The minimum absolute atomic E-state index is 0.143. The molecule has 4 unspecified atom stereocenters. The quantitative estimate of drug-likeness (QED) is 0.561. The van der Waals surface area contributed by atoms with Crippen LogP contribution in [0.4, 0.5) is 0 Å². The number of aliphatic imine (C=N–C) groups is 1. The van der Waals surface area contributed by atoms with E-state index >= 15 is 0 Å². The van der Waals surface area contributed by atoms with Crippen molar-refractivity contribution < 1.29 is 9.47 Å². The molecule has 0 aliphatic carbocycles. The third-order valence-electron chi connectivity index (χ3n) is 5.95. The van der Waals surface area contributed by atoms with Gasteiger partial charge in [0.05, 0.1) is 44.1 Å². The first-order chi connectivity index (χ1) is 13.7. The fraction of sp³-hybridized carbons (Fsp3) is 0.667. The van der Waals surface area contributed by atoms with Gasteiger partial charge in [0, 0.05) is 24.7 Å². The van der Waals surface area contributed by atoms with E-state index in [1.165, 1.54) is 6.42 Å². The van der Waals surface area contributed by atoms with E-state index in [-0.39, 0.29) is 6.04 Å². The van der Waals surface area contributed by atoms with Crippen molar-refractivity contribution in [2.24, 2.45) is 4.99 Å². The van der Waals surface area contributed by atoms with Crippen molar-refractivity contribution in [3.05, 3.63) is 34.9 Å². The summed E-state index contributed by atoms with van der Waals surface area (Å²) < 4.78 is 11.5. The molecule has 1 aromatic rings. The Morgan fingerprint density at radius 1 is 1.29 bits per heavy atom. The van der Waals surface area contributed by atoms with Crippen LogP contribution < -0.4 is 10.6 Å². The Morgan fingerprint density at radius 3 is 2.79 bits per heavy atom. The topological polar surface area (TPSA) is 58.1 Å². The zero-order valence-corrected chi connectivity index (χ0v) is 17.3. The molecule has 2 N–H and O–H groups in total. The Kier molecular flexibility index (Phi) is 6.73. The number of hydrogen-bond donors (Lipinski definition) is 2. The van der Waals surface area contributed by atoms with E-state index in [1.54, 1.807) is 0 Å². The molecular weight excluding hydrogens is 376 g/mol. The minimum Gasteiger partial charge on any atom is -0.379 e. The normalized spacial score (nSPS) is 29.1. The van der Waals surface area contributed by atoms with Crippen molar-refractivity contribution >= 4 is 17.6 Å². The van der Waals surface area contributed by atoms with Crippen LogP contribution in [0.5, 0.6) is 0 Å². The van der Waals surface area contributed by atoms with Gasteiger partial charge in [0.25, 0.3) is 0 Å². The van der Waals surface area contributed by atoms with Gasteiger partial charge in [-0.25, -0.2) is 0 Å². The summed E-state index contributed by atoms with van der Waals surface area (Å²) in [6.07, 6.45) is 4.17. The lowest BCUT2D eigenvalue weighted by Gasteiger charge is -2.34. The van der Waals surface area contributed by atoms with Gasteiger partial charge in [0.2, 0.25) is 0 Å². The summed E-state index contributed by atoms with van der Waals surface area (Å²) in [4.78, 5) is 7.38. The third kappa shape index (κ3) is 4.62. The molecule has 0 spiro atoms. The summed E-state index contributed by atoms with van der Waals surface area (Å²) in [7, 11) is 0. The molecule has 4 rings (SSSR count). The molecule has 28 heavy (non-hydrogen) atoms. The summed E-state index contributed by atoms with van der Waals surface area (Å²) >= 11 is 6.54. The number of benzene rings is 1. The zero-order valence-electron chi connectivity index (χ0n) is 16.6. The van der Waals surface area contributed by atoms with Crippen LogP contribution in [0, 0.1) is 0 Å². The van der Waals surface area contributed by atoms with Gasteiger partial charge in [0.15, 0.2) is 5.96 Å². The maximum absolute atomic E-state index is 6.54. The third-order valence-corrected chi connectivity index (χ3v) is 6.29. The number of nitrogens with one attached hydrogen (secondary N) is 2. The monoisotopic (exact) mass is 406 g/mol. The molecule has 0 saturated carbocycles. The number of ether oxygens (including phenoxy) is 2. The van der Waals surface area contributed by atoms with Crippen molar-refractivity contribution in [1.82, 2.24) is 15.5 Å². The van der Waals surface area contributed by atoms with E-state index in [9.17, 15) is 0 Å². The molecule has 0 aromatic heterocycles. The molecule has 0 radical (unpaired) electrons. The minimum atomic E-state index is 0.143. The van der Waals surface area contributed by atoms with Crippen molar-refractivity contribution in [2.45, 2.75) is 50.5 Å². The van der Waals surface area contributed by atoms with Gasteiger partial charge in [-0.15, -0.1) is 0 Å². The number of morpholine rings is 1. The Balaban J connectivity index is 1.49. The van der Waals surface area contributed by atoms with Crippen LogP contribution in [0.1, 0.15) is 37.8 Å². The molecule has 0 amide bonds. The van der Waals surface area contributed by atoms with Crippen LogP contribution in [-0.4, -0.2) is 68.5 Å². The molecule has 154 valence electrons. The molecule has 1 aromatic carbocycles. The molecule has 3 fully saturated rings. The highest BCUT2D eigenvalue weighted by Gasteiger charge is 2.41. The number of halogens is 1. The Labute approximate surface area is 172 Å². The summed E-state index contributed by atoms with van der Waals surface area (Å²) in [6, 6.07) is 8.61. The maximum atomic E-state index is 6.54. The lowest BCUT2D eigenvalue weighted by atomic mass is 9.96. The van der Waals surface area contributed by atoms with Gasteiger partial charge in [0.1, 0.15) is 0 Å². The highest BCUT2D eigenvalue weighted by atomic mass is 35.5. The Hall–Kier alpha value is -1.34. The lowest BCUT2D eigenvalue weighted by Crippen LogP contribution is -2.48. The SMILES string of the molecule is CCNC(=NCC(c1ccccc1Cl)N1CCOCC1)NC1CC2CCC1O2. The molecule has 3 saturated heterocycles. The summed E-state index contributed by atoms with van der Waals surface area (Å²) in [5, 5.41) is 7.81. The van der Waals surface area contributed by atoms with E-state index < -0.39 is 0 Å². The van der Waals surface area contributed by atoms with Crippen LogP contribution in [0.3, 0.4) is 0 Å². The van der Waals surface area contributed by atoms with Gasteiger partial charge in [-0.3, -0.25) is 9.89 Å². The van der Waals surface area contributed by atoms with Crippen LogP contribution >= 0.6 is 11.6 Å². The smallest absolute Gasteiger partial charge is 0.191 e. The van der Waals surface area contributed by atoms with E-state index in [1.807, 2.05) is 12.1 Å². The van der Waals surface area contributed by atoms with Gasteiger partial charge >= 0.3 is 0 Å². The summed E-state index contributed by atoms with van der Waals surface area (Å²) in [5.41, 5.74) is 1.13. The van der Waals surface area contributed by atoms with E-state index in [2.05, 4.69) is 34.6 Å². The lowest BCUT2D eigenvalue weighted by molar-refractivity contribution is 0.0180. The molecular formula is C21H31ClN4O2. The first kappa shape index (κ1) is 20.0. The van der Waals surface area contributed by atoms with E-state index in [0.717, 1.165) is 62.2 Å². The molecule has 6 nitrogen and oxygen atoms in total. The standard InChI is InChI=1S/C21H31ClN4O2/c1-2-23-21(25-18-13-15-7-8-20(18)28-15)24-14-19(26-9-11-27-12-10-26)16-5-3-4-6-17(16)22/h3-6,15,18-20H,2,7-14H2,1H3,(H2,23,24,25). The molecule has 3 heterocycles. The van der Waals surface area contributed by atoms with Crippen LogP contribution in [0.25, 0.3) is 0 Å². The predicted octanol–water partition coefficient (Wildman–Crippen LogP) is 2.59. The Morgan fingerprint density at radius 2 is 2.11 bits per heavy atom. The largest absolute Gasteiger partial charge is 0.379 e. The van der Waals surface area contributed by atoms with Crippen molar-refractivity contribution in [3.63, 3.8) is 0 Å². The number of fused-ring (bicyclic) bond motifs is 2. The van der Waals surface area contributed by atoms with Crippen LogP contribution in [0.15, 0.2) is 29.3 Å². The zero-order chi connectivity index (χ0) is 19.3. The molecule has 4 atom stereocenters.